The lowest BCUT2D eigenvalue weighted by Gasteiger charge is -2.17. The van der Waals surface area contributed by atoms with E-state index in [0.29, 0.717) is 11.8 Å². The maximum Gasteiger partial charge on any atom is 0.182 e. The highest BCUT2D eigenvalue weighted by Gasteiger charge is 2.19. The molecule has 0 amide bonds. The van der Waals surface area contributed by atoms with E-state index in [9.17, 15) is 4.80 Å². The second kappa shape index (κ2) is 3.59. The predicted octanol–water partition coefficient (Wildman–Crippen LogP) is 2.06. The summed E-state index contributed by atoms with van der Waals surface area (Å²) in [6.07, 6.45) is 0. The molecule has 3 heteroatoms. The molecule has 1 atom stereocenters. The van der Waals surface area contributed by atoms with Crippen LogP contribution < -0.4 is 0 Å². The predicted molar refractivity (Wildman–Crippen MR) is 44.4 cm³/mol. The van der Waals surface area contributed by atoms with Gasteiger partial charge in [0.05, 0.1) is 0 Å². The Hall–Kier alpha value is 0.467. The van der Waals surface area contributed by atoms with Gasteiger partial charge < -0.3 is 4.80 Å². The lowest BCUT2D eigenvalue weighted by molar-refractivity contribution is 0.528. The molecule has 0 aromatic rings. The molecule has 1 unspecified atom stereocenters. The number of hydrogen-bond donors (Lipinski definition) is 1. The fourth-order valence-corrected chi connectivity index (χ4v) is 3.05. The average molecular weight is 167 g/mol. The van der Waals surface area contributed by atoms with E-state index in [1.807, 2.05) is 13.1 Å². The van der Waals surface area contributed by atoms with Crippen LogP contribution >= 0.6 is 11.6 Å². The Morgan fingerprint density at radius 2 is 2.00 bits per heavy atom. The van der Waals surface area contributed by atoms with E-state index in [1.54, 1.807) is 0 Å². The van der Waals surface area contributed by atoms with Crippen molar-refractivity contribution in [2.24, 2.45) is 5.92 Å². The monoisotopic (exact) mass is 166 g/mol. The van der Waals surface area contributed by atoms with Crippen LogP contribution in [0.5, 0.6) is 0 Å². The van der Waals surface area contributed by atoms with Crippen molar-refractivity contribution in [2.75, 3.05) is 5.88 Å². The van der Waals surface area contributed by atoms with Crippen molar-refractivity contribution in [2.45, 2.75) is 26.1 Å². The molecule has 0 spiro atoms. The molecule has 0 radical (unpaired) electrons. The van der Waals surface area contributed by atoms with Crippen molar-refractivity contribution in [3.05, 3.63) is 0 Å². The van der Waals surface area contributed by atoms with Crippen LogP contribution in [0.1, 0.15) is 6.92 Å². The SMILES string of the molecule is CC(CCl)C[Si](C)(C)O. The molecule has 0 rings (SSSR count). The van der Waals surface area contributed by atoms with Gasteiger partial charge >= 0.3 is 0 Å². The van der Waals surface area contributed by atoms with E-state index < -0.39 is 8.32 Å². The van der Waals surface area contributed by atoms with Gasteiger partial charge in [-0.15, -0.1) is 11.6 Å². The van der Waals surface area contributed by atoms with Gasteiger partial charge in [-0.25, -0.2) is 0 Å². The minimum absolute atomic E-state index is 0.471. The summed E-state index contributed by atoms with van der Waals surface area (Å²) in [7, 11) is -1.83. The third-order valence-electron chi connectivity index (χ3n) is 1.11. The van der Waals surface area contributed by atoms with Crippen LogP contribution in [0.4, 0.5) is 0 Å². The summed E-state index contributed by atoms with van der Waals surface area (Å²) in [5.41, 5.74) is 0. The van der Waals surface area contributed by atoms with Crippen molar-refractivity contribution < 1.29 is 4.80 Å². The third kappa shape index (κ3) is 6.35. The third-order valence-corrected chi connectivity index (χ3v) is 3.33. The summed E-state index contributed by atoms with van der Waals surface area (Å²) in [4.78, 5) is 9.40. The van der Waals surface area contributed by atoms with Gasteiger partial charge in [-0.2, -0.15) is 0 Å². The van der Waals surface area contributed by atoms with Crippen LogP contribution in [0.3, 0.4) is 0 Å². The molecule has 0 aliphatic carbocycles. The van der Waals surface area contributed by atoms with Gasteiger partial charge in [0, 0.05) is 5.88 Å². The van der Waals surface area contributed by atoms with Crippen molar-refractivity contribution in [1.29, 1.82) is 0 Å². The number of rotatable bonds is 3. The van der Waals surface area contributed by atoms with Gasteiger partial charge in [-0.3, -0.25) is 0 Å². The molecular formula is C6H15ClOSi. The molecule has 0 aliphatic heterocycles. The molecule has 0 aromatic carbocycles. The Morgan fingerprint density at radius 3 is 2.11 bits per heavy atom. The maximum absolute atomic E-state index is 9.40. The number of hydrogen-bond acceptors (Lipinski definition) is 1. The van der Waals surface area contributed by atoms with Crippen molar-refractivity contribution >= 4 is 19.9 Å². The lowest BCUT2D eigenvalue weighted by Crippen LogP contribution is -2.27. The summed E-state index contributed by atoms with van der Waals surface area (Å²) in [6, 6.07) is 0.913. The van der Waals surface area contributed by atoms with Crippen LogP contribution in [-0.4, -0.2) is 19.0 Å². The Balaban J connectivity index is 3.47. The van der Waals surface area contributed by atoms with Crippen LogP contribution in [0, 0.1) is 5.92 Å². The van der Waals surface area contributed by atoms with Gasteiger partial charge in [-0.1, -0.05) is 6.92 Å². The highest BCUT2D eigenvalue weighted by Crippen LogP contribution is 2.14. The molecule has 1 nitrogen and oxygen atoms in total. The topological polar surface area (TPSA) is 20.2 Å². The first-order valence-corrected chi connectivity index (χ1v) is 6.93. The Bertz CT molecular complexity index is 79.6. The Kier molecular flexibility index (Phi) is 3.78. The summed E-state index contributed by atoms with van der Waals surface area (Å²) in [6.45, 7) is 5.95. The Morgan fingerprint density at radius 1 is 1.56 bits per heavy atom. The first-order chi connectivity index (χ1) is 3.95. The number of halogens is 1. The highest BCUT2D eigenvalue weighted by atomic mass is 35.5. The largest absolute Gasteiger partial charge is 0.432 e. The fourth-order valence-electron chi connectivity index (χ4n) is 0.907. The average Bonchev–Trinajstić information content (AvgIpc) is 1.62. The van der Waals surface area contributed by atoms with Crippen molar-refractivity contribution in [3.8, 4) is 0 Å². The highest BCUT2D eigenvalue weighted by molar-refractivity contribution is 6.69. The summed E-state index contributed by atoms with van der Waals surface area (Å²) in [5, 5.41) is 0. The molecule has 56 valence electrons. The molecule has 0 heterocycles. The molecule has 0 bridgehead atoms. The minimum atomic E-state index is -1.83. The fraction of sp³-hybridized carbons (Fsp3) is 1.00. The van der Waals surface area contributed by atoms with Crippen LogP contribution in [0.2, 0.25) is 19.1 Å². The molecule has 1 N–H and O–H groups in total. The molecule has 0 saturated heterocycles. The number of alkyl halides is 1. The Labute approximate surface area is 63.2 Å². The van der Waals surface area contributed by atoms with Gasteiger partial charge in [0.15, 0.2) is 8.32 Å². The first-order valence-electron chi connectivity index (χ1n) is 3.24. The molecule has 0 saturated carbocycles. The van der Waals surface area contributed by atoms with Gasteiger partial charge in [0.1, 0.15) is 0 Å². The smallest absolute Gasteiger partial charge is 0.182 e. The quantitative estimate of drug-likeness (QED) is 0.503. The molecule has 0 aromatic heterocycles. The standard InChI is InChI=1S/C6H15ClOSi/c1-6(4-7)5-9(2,3)8/h6,8H,4-5H2,1-3H3. The first kappa shape index (κ1) is 9.47. The zero-order valence-electron chi connectivity index (χ0n) is 6.32. The van der Waals surface area contributed by atoms with Gasteiger partial charge in [0.2, 0.25) is 0 Å². The van der Waals surface area contributed by atoms with E-state index >= 15 is 0 Å². The van der Waals surface area contributed by atoms with Crippen molar-refractivity contribution in [3.63, 3.8) is 0 Å². The zero-order chi connectivity index (χ0) is 7.49. The van der Waals surface area contributed by atoms with E-state index in [-0.39, 0.29) is 0 Å². The van der Waals surface area contributed by atoms with Crippen LogP contribution in [0.15, 0.2) is 0 Å². The zero-order valence-corrected chi connectivity index (χ0v) is 8.07. The summed E-state index contributed by atoms with van der Waals surface area (Å²) in [5.74, 6) is 1.13. The van der Waals surface area contributed by atoms with Gasteiger partial charge in [0.25, 0.3) is 0 Å². The lowest BCUT2D eigenvalue weighted by atomic mass is 10.3. The molecule has 0 fully saturated rings. The minimum Gasteiger partial charge on any atom is -0.432 e. The van der Waals surface area contributed by atoms with Crippen molar-refractivity contribution in [1.82, 2.24) is 0 Å². The van der Waals surface area contributed by atoms with E-state index in [2.05, 4.69) is 6.92 Å². The van der Waals surface area contributed by atoms with E-state index in [1.165, 1.54) is 0 Å². The van der Waals surface area contributed by atoms with Crippen LogP contribution in [-0.2, 0) is 0 Å². The second-order valence-electron chi connectivity index (χ2n) is 3.28. The molecule has 0 aliphatic rings. The normalized spacial score (nSPS) is 15.7. The van der Waals surface area contributed by atoms with E-state index in [0.717, 1.165) is 6.04 Å². The summed E-state index contributed by atoms with van der Waals surface area (Å²) < 4.78 is 0. The maximum atomic E-state index is 9.40. The molecule has 9 heavy (non-hydrogen) atoms. The van der Waals surface area contributed by atoms with Gasteiger partial charge in [-0.05, 0) is 25.1 Å². The molecular weight excluding hydrogens is 152 g/mol. The van der Waals surface area contributed by atoms with E-state index in [4.69, 9.17) is 11.6 Å². The second-order valence-corrected chi connectivity index (χ2v) is 7.62. The summed E-state index contributed by atoms with van der Waals surface area (Å²) >= 11 is 5.57. The van der Waals surface area contributed by atoms with Crippen LogP contribution in [0.25, 0.3) is 0 Å².